The zero-order chi connectivity index (χ0) is 15.9. The van der Waals surface area contributed by atoms with Crippen LogP contribution in [-0.2, 0) is 4.79 Å². The van der Waals surface area contributed by atoms with Gasteiger partial charge in [-0.3, -0.25) is 4.79 Å². The molecule has 1 atom stereocenters. The summed E-state index contributed by atoms with van der Waals surface area (Å²) in [5.41, 5.74) is 1.33. The second-order valence-corrected chi connectivity index (χ2v) is 6.30. The summed E-state index contributed by atoms with van der Waals surface area (Å²) in [6.07, 6.45) is 1.40. The number of benzene rings is 1. The number of thioether (sulfide) groups is 1. The van der Waals surface area contributed by atoms with E-state index in [2.05, 4.69) is 17.5 Å². The lowest BCUT2D eigenvalue weighted by Crippen LogP contribution is -2.31. The van der Waals surface area contributed by atoms with E-state index in [-0.39, 0.29) is 18.2 Å². The van der Waals surface area contributed by atoms with E-state index in [1.54, 1.807) is 6.07 Å². The fourth-order valence-corrected chi connectivity index (χ4v) is 3.57. The number of nitrogens with zero attached hydrogens (tertiary/aromatic N) is 2. The molecule has 0 bridgehead atoms. The molecule has 0 radical (unpaired) electrons. The number of hydrogen-bond donors (Lipinski definition) is 1. The van der Waals surface area contributed by atoms with Crippen molar-refractivity contribution in [3.05, 3.63) is 45.5 Å². The average Bonchev–Trinajstić information content (AvgIpc) is 2.51. The molecule has 1 aliphatic heterocycles. The minimum Gasteiger partial charge on any atom is -0.320 e. The molecule has 6 heteroatoms. The highest BCUT2D eigenvalue weighted by Crippen LogP contribution is 2.38. The van der Waals surface area contributed by atoms with Crippen LogP contribution in [-0.4, -0.2) is 11.7 Å². The smallest absolute Gasteiger partial charge is 0.225 e. The molecule has 0 fully saturated rings. The first-order valence-corrected chi connectivity index (χ1v) is 8.22. The monoisotopic (exact) mass is 331 g/mol. The minimum atomic E-state index is -0.314. The molecule has 2 rings (SSSR count). The van der Waals surface area contributed by atoms with Gasteiger partial charge in [-0.15, -0.1) is 11.8 Å². The Morgan fingerprint density at radius 3 is 2.82 bits per heavy atom. The number of nitriles is 2. The number of amides is 1. The van der Waals surface area contributed by atoms with Crippen LogP contribution in [0.5, 0.6) is 0 Å². The van der Waals surface area contributed by atoms with Gasteiger partial charge in [0, 0.05) is 29.5 Å². The minimum absolute atomic E-state index is 0.119. The Morgan fingerprint density at radius 1 is 1.36 bits per heavy atom. The molecule has 4 nitrogen and oxygen atoms in total. The molecule has 0 aromatic heterocycles. The number of carbonyl (C=O) groups is 1. The molecule has 1 N–H and O–H groups in total. The second kappa shape index (κ2) is 7.89. The quantitative estimate of drug-likeness (QED) is 0.834. The fourth-order valence-electron chi connectivity index (χ4n) is 2.28. The van der Waals surface area contributed by atoms with E-state index in [0.29, 0.717) is 27.8 Å². The van der Waals surface area contributed by atoms with Crippen molar-refractivity contribution >= 4 is 29.3 Å². The van der Waals surface area contributed by atoms with Gasteiger partial charge in [-0.05, 0) is 18.1 Å². The molecule has 112 valence electrons. The summed E-state index contributed by atoms with van der Waals surface area (Å²) in [4.78, 5) is 12.0. The summed E-state index contributed by atoms with van der Waals surface area (Å²) in [6, 6.07) is 11.6. The topological polar surface area (TPSA) is 76.7 Å². The second-order valence-electron chi connectivity index (χ2n) is 4.79. The molecular formula is C16H14ClN3OS. The normalized spacial score (nSPS) is 17.6. The van der Waals surface area contributed by atoms with Gasteiger partial charge in [0.05, 0.1) is 22.7 Å². The molecule has 1 aromatic carbocycles. The third-order valence-electron chi connectivity index (χ3n) is 3.32. The van der Waals surface area contributed by atoms with E-state index in [9.17, 15) is 10.1 Å². The van der Waals surface area contributed by atoms with E-state index in [4.69, 9.17) is 16.9 Å². The van der Waals surface area contributed by atoms with Crippen LogP contribution in [0.2, 0.25) is 5.02 Å². The van der Waals surface area contributed by atoms with Gasteiger partial charge in [0.25, 0.3) is 0 Å². The van der Waals surface area contributed by atoms with Crippen molar-refractivity contribution in [1.82, 2.24) is 5.32 Å². The first kappa shape index (κ1) is 16.4. The highest BCUT2D eigenvalue weighted by molar-refractivity contribution is 8.03. The Balaban J connectivity index is 2.29. The van der Waals surface area contributed by atoms with Crippen LogP contribution in [0.15, 0.2) is 34.9 Å². The summed E-state index contributed by atoms with van der Waals surface area (Å²) in [5.74, 6) is 0.251. The van der Waals surface area contributed by atoms with Gasteiger partial charge in [-0.2, -0.15) is 10.5 Å². The Bertz CT molecular complexity index is 687. The van der Waals surface area contributed by atoms with Crippen molar-refractivity contribution in [2.45, 2.75) is 25.2 Å². The number of hydrogen-bond acceptors (Lipinski definition) is 4. The zero-order valence-corrected chi connectivity index (χ0v) is 13.4. The lowest BCUT2D eigenvalue weighted by atomic mass is 9.87. The third-order valence-corrected chi connectivity index (χ3v) is 4.76. The Morgan fingerprint density at radius 2 is 2.14 bits per heavy atom. The number of halogens is 1. The van der Waals surface area contributed by atoms with Crippen LogP contribution in [0.25, 0.3) is 0 Å². The van der Waals surface area contributed by atoms with Crippen molar-refractivity contribution in [2.24, 2.45) is 0 Å². The molecule has 1 aliphatic rings. The van der Waals surface area contributed by atoms with Gasteiger partial charge in [0.2, 0.25) is 5.91 Å². The molecule has 1 amide bonds. The van der Waals surface area contributed by atoms with E-state index in [0.717, 1.165) is 12.0 Å². The maximum Gasteiger partial charge on any atom is 0.225 e. The van der Waals surface area contributed by atoms with Crippen LogP contribution in [0.1, 0.15) is 30.7 Å². The van der Waals surface area contributed by atoms with E-state index < -0.39 is 0 Å². The zero-order valence-electron chi connectivity index (χ0n) is 11.8. The van der Waals surface area contributed by atoms with Crippen molar-refractivity contribution in [1.29, 1.82) is 10.5 Å². The first-order chi connectivity index (χ1) is 10.7. The van der Waals surface area contributed by atoms with Gasteiger partial charge >= 0.3 is 0 Å². The van der Waals surface area contributed by atoms with Crippen LogP contribution < -0.4 is 5.32 Å². The lowest BCUT2D eigenvalue weighted by Gasteiger charge is -2.25. The SMILES string of the molecule is N#CCCCSC1=C(C#N)[C@H](c2ccccc2Cl)CC(=O)N1. The maximum atomic E-state index is 12.0. The number of carbonyl (C=O) groups excluding carboxylic acids is 1. The summed E-state index contributed by atoms with van der Waals surface area (Å²) >= 11 is 7.62. The summed E-state index contributed by atoms with van der Waals surface area (Å²) in [7, 11) is 0. The predicted octanol–water partition coefficient (Wildman–Crippen LogP) is 3.72. The summed E-state index contributed by atoms with van der Waals surface area (Å²) in [6.45, 7) is 0. The number of rotatable bonds is 5. The van der Waals surface area contributed by atoms with Crippen LogP contribution in [0, 0.1) is 22.7 Å². The highest BCUT2D eigenvalue weighted by Gasteiger charge is 2.30. The molecule has 0 saturated heterocycles. The molecule has 1 heterocycles. The molecule has 1 aromatic rings. The van der Waals surface area contributed by atoms with E-state index in [1.165, 1.54) is 11.8 Å². The number of nitrogens with one attached hydrogen (secondary N) is 1. The summed E-state index contributed by atoms with van der Waals surface area (Å²) < 4.78 is 0. The number of allylic oxidation sites excluding steroid dienone is 1. The van der Waals surface area contributed by atoms with Crippen LogP contribution in [0.3, 0.4) is 0 Å². The Kier molecular flexibility index (Phi) is 5.89. The molecular weight excluding hydrogens is 318 g/mol. The molecule has 0 saturated carbocycles. The fraction of sp³-hybridized carbons (Fsp3) is 0.312. The predicted molar refractivity (Wildman–Crippen MR) is 86.9 cm³/mol. The molecule has 0 spiro atoms. The van der Waals surface area contributed by atoms with Crippen LogP contribution in [0.4, 0.5) is 0 Å². The van der Waals surface area contributed by atoms with Crippen molar-refractivity contribution in [3.8, 4) is 12.1 Å². The maximum absolute atomic E-state index is 12.0. The standard InChI is InChI=1S/C16H14ClN3OS/c17-14-6-2-1-5-11(14)12-9-15(21)20-16(13(12)10-19)22-8-4-3-7-18/h1-2,5-6,12H,3-4,8-9H2,(H,20,21)/t12-/m0/s1. The number of unbranched alkanes of at least 4 members (excludes halogenated alkanes) is 1. The third kappa shape index (κ3) is 3.82. The Hall–Kier alpha value is -1.95. The van der Waals surface area contributed by atoms with Gasteiger partial charge in [0.1, 0.15) is 0 Å². The molecule has 0 unspecified atom stereocenters. The van der Waals surface area contributed by atoms with Gasteiger partial charge < -0.3 is 5.32 Å². The van der Waals surface area contributed by atoms with Crippen molar-refractivity contribution < 1.29 is 4.79 Å². The van der Waals surface area contributed by atoms with Gasteiger partial charge in [-0.1, -0.05) is 29.8 Å². The average molecular weight is 332 g/mol. The Labute approximate surface area is 138 Å². The van der Waals surface area contributed by atoms with Crippen LogP contribution >= 0.6 is 23.4 Å². The molecule has 0 aliphatic carbocycles. The molecule has 22 heavy (non-hydrogen) atoms. The van der Waals surface area contributed by atoms with E-state index >= 15 is 0 Å². The largest absolute Gasteiger partial charge is 0.320 e. The van der Waals surface area contributed by atoms with Crippen molar-refractivity contribution in [2.75, 3.05) is 5.75 Å². The highest BCUT2D eigenvalue weighted by atomic mass is 35.5. The lowest BCUT2D eigenvalue weighted by molar-refractivity contribution is -0.120. The first-order valence-electron chi connectivity index (χ1n) is 6.85. The van der Waals surface area contributed by atoms with Crippen molar-refractivity contribution in [3.63, 3.8) is 0 Å². The van der Waals surface area contributed by atoms with Gasteiger partial charge in [0.15, 0.2) is 0 Å². The van der Waals surface area contributed by atoms with E-state index in [1.807, 2.05) is 18.2 Å². The van der Waals surface area contributed by atoms with Gasteiger partial charge in [-0.25, -0.2) is 0 Å². The summed E-state index contributed by atoms with van der Waals surface area (Å²) in [5, 5.41) is 22.0.